The number of nitrogens with one attached hydrogen (secondary N) is 1. The summed E-state index contributed by atoms with van der Waals surface area (Å²) in [6, 6.07) is 8.07. The predicted molar refractivity (Wildman–Crippen MR) is 70.1 cm³/mol. The third-order valence-corrected chi connectivity index (χ3v) is 3.28. The SMILES string of the molecule is CCONC(=O)CSCc1ccc(Br)cc1. The van der Waals surface area contributed by atoms with E-state index in [0.29, 0.717) is 12.4 Å². The molecule has 16 heavy (non-hydrogen) atoms. The molecule has 0 aromatic heterocycles. The van der Waals surface area contributed by atoms with E-state index in [2.05, 4.69) is 21.4 Å². The average Bonchev–Trinajstić information content (AvgIpc) is 2.29. The van der Waals surface area contributed by atoms with Crippen molar-refractivity contribution in [3.8, 4) is 0 Å². The molecule has 0 aliphatic carbocycles. The summed E-state index contributed by atoms with van der Waals surface area (Å²) in [5.74, 6) is 1.15. The van der Waals surface area contributed by atoms with Crippen molar-refractivity contribution >= 4 is 33.6 Å². The van der Waals surface area contributed by atoms with Crippen molar-refractivity contribution in [1.82, 2.24) is 5.48 Å². The van der Waals surface area contributed by atoms with Crippen LogP contribution < -0.4 is 5.48 Å². The Labute approximate surface area is 108 Å². The number of rotatable bonds is 6. The van der Waals surface area contributed by atoms with Gasteiger partial charge < -0.3 is 0 Å². The molecule has 3 nitrogen and oxygen atoms in total. The second-order valence-electron chi connectivity index (χ2n) is 3.08. The zero-order chi connectivity index (χ0) is 11.8. The van der Waals surface area contributed by atoms with E-state index in [9.17, 15) is 4.79 Å². The van der Waals surface area contributed by atoms with Crippen LogP contribution in [0.15, 0.2) is 28.7 Å². The van der Waals surface area contributed by atoms with Crippen LogP contribution >= 0.6 is 27.7 Å². The van der Waals surface area contributed by atoms with E-state index in [1.165, 1.54) is 5.56 Å². The van der Waals surface area contributed by atoms with Gasteiger partial charge in [0.05, 0.1) is 12.4 Å². The van der Waals surface area contributed by atoms with E-state index in [4.69, 9.17) is 4.84 Å². The molecular formula is C11H14BrNO2S. The van der Waals surface area contributed by atoms with E-state index in [1.807, 2.05) is 31.2 Å². The van der Waals surface area contributed by atoms with Crippen molar-refractivity contribution in [3.63, 3.8) is 0 Å². The second kappa shape index (κ2) is 7.70. The Bertz CT molecular complexity index is 329. The Morgan fingerprint density at radius 1 is 1.44 bits per heavy atom. The van der Waals surface area contributed by atoms with Crippen LogP contribution in [0, 0.1) is 0 Å². The van der Waals surface area contributed by atoms with Gasteiger partial charge in [-0.3, -0.25) is 9.63 Å². The van der Waals surface area contributed by atoms with Gasteiger partial charge in [0, 0.05) is 10.2 Å². The summed E-state index contributed by atoms with van der Waals surface area (Å²) in [4.78, 5) is 16.0. The fraction of sp³-hybridized carbons (Fsp3) is 0.364. The molecule has 0 saturated carbocycles. The molecule has 0 aliphatic heterocycles. The van der Waals surface area contributed by atoms with Crippen molar-refractivity contribution in [2.75, 3.05) is 12.4 Å². The molecule has 0 saturated heterocycles. The molecule has 0 spiro atoms. The molecule has 0 fully saturated rings. The highest BCUT2D eigenvalue weighted by Gasteiger charge is 2.01. The lowest BCUT2D eigenvalue weighted by Gasteiger charge is -2.03. The van der Waals surface area contributed by atoms with Gasteiger partial charge in [0.2, 0.25) is 0 Å². The zero-order valence-electron chi connectivity index (χ0n) is 9.03. The first kappa shape index (κ1) is 13.5. The second-order valence-corrected chi connectivity index (χ2v) is 4.98. The van der Waals surface area contributed by atoms with E-state index < -0.39 is 0 Å². The number of carbonyl (C=O) groups excluding carboxylic acids is 1. The fourth-order valence-electron chi connectivity index (χ4n) is 1.02. The molecule has 0 bridgehead atoms. The molecular weight excluding hydrogens is 290 g/mol. The monoisotopic (exact) mass is 303 g/mol. The van der Waals surface area contributed by atoms with Gasteiger partial charge in [0.1, 0.15) is 0 Å². The van der Waals surface area contributed by atoms with Crippen LogP contribution in [0.4, 0.5) is 0 Å². The molecule has 0 heterocycles. The van der Waals surface area contributed by atoms with Crippen LogP contribution in [0.1, 0.15) is 12.5 Å². The lowest BCUT2D eigenvalue weighted by Crippen LogP contribution is -2.25. The molecule has 5 heteroatoms. The number of amides is 1. The number of thioether (sulfide) groups is 1. The minimum atomic E-state index is -0.0936. The Hall–Kier alpha value is -0.520. The van der Waals surface area contributed by atoms with E-state index in [1.54, 1.807) is 11.8 Å². The largest absolute Gasteiger partial charge is 0.274 e. The molecule has 0 atom stereocenters. The maximum absolute atomic E-state index is 11.2. The van der Waals surface area contributed by atoms with Gasteiger partial charge in [0.15, 0.2) is 0 Å². The third kappa shape index (κ3) is 5.53. The highest BCUT2D eigenvalue weighted by molar-refractivity contribution is 9.10. The standard InChI is InChI=1S/C11H14BrNO2S/c1-2-15-13-11(14)8-16-7-9-3-5-10(12)6-4-9/h3-6H,2,7-8H2,1H3,(H,13,14). The molecule has 1 N–H and O–H groups in total. The normalized spacial score (nSPS) is 10.1. The maximum atomic E-state index is 11.2. The predicted octanol–water partition coefficient (Wildman–Crippen LogP) is 2.75. The van der Waals surface area contributed by atoms with Gasteiger partial charge >= 0.3 is 0 Å². The van der Waals surface area contributed by atoms with Gasteiger partial charge in [0.25, 0.3) is 5.91 Å². The topological polar surface area (TPSA) is 38.3 Å². The van der Waals surface area contributed by atoms with Crippen LogP contribution in [-0.4, -0.2) is 18.3 Å². The smallest absolute Gasteiger partial charge is 0.253 e. The Morgan fingerprint density at radius 3 is 2.75 bits per heavy atom. The van der Waals surface area contributed by atoms with Gasteiger partial charge in [-0.25, -0.2) is 5.48 Å². The highest BCUT2D eigenvalue weighted by Crippen LogP contribution is 2.15. The molecule has 1 amide bonds. The Morgan fingerprint density at radius 2 is 2.12 bits per heavy atom. The van der Waals surface area contributed by atoms with Gasteiger partial charge in [-0.15, -0.1) is 11.8 Å². The molecule has 1 aromatic rings. The number of hydrogen-bond donors (Lipinski definition) is 1. The first-order valence-corrected chi connectivity index (χ1v) is 6.90. The number of hydroxylamine groups is 1. The number of carbonyl (C=O) groups is 1. The van der Waals surface area contributed by atoms with Crippen molar-refractivity contribution in [2.45, 2.75) is 12.7 Å². The van der Waals surface area contributed by atoms with Crippen molar-refractivity contribution in [1.29, 1.82) is 0 Å². The first-order chi connectivity index (χ1) is 7.72. The summed E-state index contributed by atoms with van der Waals surface area (Å²) in [6.07, 6.45) is 0. The van der Waals surface area contributed by atoms with E-state index in [0.717, 1.165) is 10.2 Å². The zero-order valence-corrected chi connectivity index (χ0v) is 11.4. The lowest BCUT2D eigenvalue weighted by molar-refractivity contribution is -0.130. The third-order valence-electron chi connectivity index (χ3n) is 1.75. The molecule has 1 aromatic carbocycles. The minimum absolute atomic E-state index is 0.0936. The van der Waals surface area contributed by atoms with E-state index in [-0.39, 0.29) is 5.91 Å². The van der Waals surface area contributed by atoms with Gasteiger partial charge in [-0.05, 0) is 24.6 Å². The van der Waals surface area contributed by atoms with Crippen LogP contribution in [0.5, 0.6) is 0 Å². The summed E-state index contributed by atoms with van der Waals surface area (Å²) < 4.78 is 1.07. The van der Waals surface area contributed by atoms with Crippen LogP contribution in [0.3, 0.4) is 0 Å². The van der Waals surface area contributed by atoms with Crippen molar-refractivity contribution in [2.24, 2.45) is 0 Å². The van der Waals surface area contributed by atoms with Crippen LogP contribution in [0.25, 0.3) is 0 Å². The maximum Gasteiger partial charge on any atom is 0.253 e. The van der Waals surface area contributed by atoms with Crippen LogP contribution in [0.2, 0.25) is 0 Å². The first-order valence-electron chi connectivity index (χ1n) is 4.95. The molecule has 0 radical (unpaired) electrons. The summed E-state index contributed by atoms with van der Waals surface area (Å²) in [6.45, 7) is 2.32. The van der Waals surface area contributed by atoms with Gasteiger partial charge in [-0.2, -0.15) is 0 Å². The Kier molecular flexibility index (Phi) is 6.52. The number of benzene rings is 1. The molecule has 0 unspecified atom stereocenters. The summed E-state index contributed by atoms with van der Waals surface area (Å²) in [7, 11) is 0. The highest BCUT2D eigenvalue weighted by atomic mass is 79.9. The summed E-state index contributed by atoms with van der Waals surface area (Å²) in [5.41, 5.74) is 3.57. The molecule has 0 aliphatic rings. The van der Waals surface area contributed by atoms with Gasteiger partial charge in [-0.1, -0.05) is 28.1 Å². The number of halogens is 1. The minimum Gasteiger partial charge on any atom is -0.274 e. The summed E-state index contributed by atoms with van der Waals surface area (Å²) >= 11 is 4.94. The fourth-order valence-corrected chi connectivity index (χ4v) is 2.06. The summed E-state index contributed by atoms with van der Waals surface area (Å²) in [5, 5.41) is 0. The lowest BCUT2D eigenvalue weighted by atomic mass is 10.2. The van der Waals surface area contributed by atoms with Crippen molar-refractivity contribution in [3.05, 3.63) is 34.3 Å². The van der Waals surface area contributed by atoms with Crippen molar-refractivity contribution < 1.29 is 9.63 Å². The van der Waals surface area contributed by atoms with Crippen LogP contribution in [-0.2, 0) is 15.4 Å². The Balaban J connectivity index is 2.20. The van der Waals surface area contributed by atoms with E-state index >= 15 is 0 Å². The molecule has 88 valence electrons. The number of hydrogen-bond acceptors (Lipinski definition) is 3. The molecule has 1 rings (SSSR count). The average molecular weight is 304 g/mol. The quantitative estimate of drug-likeness (QED) is 0.821.